The molecule has 29 heavy (non-hydrogen) atoms. The van der Waals surface area contributed by atoms with E-state index < -0.39 is 0 Å². The third-order valence-corrected chi connectivity index (χ3v) is 4.52. The molecule has 0 saturated heterocycles. The number of carbonyl (C=O) groups excluding carboxylic acids is 1. The highest BCUT2D eigenvalue weighted by atomic mass is 32.1. The van der Waals surface area contributed by atoms with Crippen LogP contribution in [0.1, 0.15) is 35.7 Å². The molecule has 2 aromatic carbocycles. The normalized spacial score (nSPS) is 10.6. The van der Waals surface area contributed by atoms with E-state index in [4.69, 9.17) is 21.4 Å². The second kappa shape index (κ2) is 9.34. The molecule has 0 spiro atoms. The quantitative estimate of drug-likeness (QED) is 0.260. The third-order valence-electron chi connectivity index (χ3n) is 4.32. The van der Waals surface area contributed by atoms with E-state index in [1.165, 1.54) is 6.07 Å². The maximum Gasteiger partial charge on any atom is 0.338 e. The van der Waals surface area contributed by atoms with Crippen LogP contribution < -0.4 is 16.3 Å². The number of thiocarbonyl (C=S) groups is 1. The Morgan fingerprint density at radius 2 is 1.76 bits per heavy atom. The fraction of sp³-hybridized carbons (Fsp3) is 0.227. The number of anilines is 2. The maximum atomic E-state index is 11.9. The van der Waals surface area contributed by atoms with Crippen molar-refractivity contribution in [3.05, 3.63) is 70.1 Å². The Balaban J connectivity index is 1.62. The van der Waals surface area contributed by atoms with Crippen molar-refractivity contribution < 1.29 is 13.9 Å². The lowest BCUT2D eigenvalue weighted by atomic mass is 10.1. The van der Waals surface area contributed by atoms with E-state index in [1.807, 2.05) is 26.0 Å². The molecule has 0 bridgehead atoms. The van der Waals surface area contributed by atoms with Gasteiger partial charge in [-0.25, -0.2) is 9.59 Å². The van der Waals surface area contributed by atoms with Gasteiger partial charge in [-0.1, -0.05) is 13.3 Å². The van der Waals surface area contributed by atoms with Crippen molar-refractivity contribution in [2.45, 2.75) is 26.7 Å². The number of nitrogens with one attached hydrogen (secondary N) is 2. The first-order chi connectivity index (χ1) is 14.0. The highest BCUT2D eigenvalue weighted by Crippen LogP contribution is 2.21. The van der Waals surface area contributed by atoms with Crippen LogP contribution in [-0.2, 0) is 4.74 Å². The molecule has 0 aliphatic rings. The smallest absolute Gasteiger partial charge is 0.338 e. The van der Waals surface area contributed by atoms with Gasteiger partial charge >= 0.3 is 11.6 Å². The SMILES string of the molecule is CCCCOC(=O)c1ccc(NC(=S)Nc2ccc3c(C)cc(=O)oc3c2)cc1. The number of carbonyl (C=O) groups is 1. The van der Waals surface area contributed by atoms with E-state index in [9.17, 15) is 9.59 Å². The Hall–Kier alpha value is -3.19. The molecule has 150 valence electrons. The summed E-state index contributed by atoms with van der Waals surface area (Å²) in [5.74, 6) is -0.335. The van der Waals surface area contributed by atoms with Crippen molar-refractivity contribution in [1.82, 2.24) is 0 Å². The predicted octanol–water partition coefficient (Wildman–Crippen LogP) is 4.87. The Morgan fingerprint density at radius 3 is 2.48 bits per heavy atom. The van der Waals surface area contributed by atoms with Gasteiger partial charge in [-0.2, -0.15) is 0 Å². The number of ether oxygens (including phenoxy) is 1. The average molecular weight is 410 g/mol. The summed E-state index contributed by atoms with van der Waals surface area (Å²) in [4.78, 5) is 23.5. The number of esters is 1. The minimum Gasteiger partial charge on any atom is -0.462 e. The summed E-state index contributed by atoms with van der Waals surface area (Å²) in [7, 11) is 0. The monoisotopic (exact) mass is 410 g/mol. The molecule has 0 unspecified atom stereocenters. The van der Waals surface area contributed by atoms with Crippen molar-refractivity contribution in [3.8, 4) is 0 Å². The van der Waals surface area contributed by atoms with E-state index in [1.54, 1.807) is 30.3 Å². The van der Waals surface area contributed by atoms with Crippen LogP contribution in [0.2, 0.25) is 0 Å². The van der Waals surface area contributed by atoms with Crippen LogP contribution in [0.3, 0.4) is 0 Å². The zero-order valence-electron chi connectivity index (χ0n) is 16.3. The number of rotatable bonds is 6. The Kier molecular flexibility index (Phi) is 6.61. The van der Waals surface area contributed by atoms with E-state index >= 15 is 0 Å². The lowest BCUT2D eigenvalue weighted by Crippen LogP contribution is -2.19. The summed E-state index contributed by atoms with van der Waals surface area (Å²) in [6.45, 7) is 4.33. The first-order valence-electron chi connectivity index (χ1n) is 9.36. The number of unbranched alkanes of at least 4 members (excludes halogenated alkanes) is 1. The minimum absolute atomic E-state index is 0.335. The molecule has 0 radical (unpaired) electrons. The van der Waals surface area contributed by atoms with Gasteiger partial charge in [-0.05, 0) is 67.5 Å². The van der Waals surface area contributed by atoms with Gasteiger partial charge in [0, 0.05) is 28.9 Å². The van der Waals surface area contributed by atoms with Crippen LogP contribution in [0.5, 0.6) is 0 Å². The van der Waals surface area contributed by atoms with E-state index in [2.05, 4.69) is 10.6 Å². The van der Waals surface area contributed by atoms with Gasteiger partial charge in [-0.3, -0.25) is 0 Å². The van der Waals surface area contributed by atoms with Crippen LogP contribution in [-0.4, -0.2) is 17.7 Å². The molecule has 0 amide bonds. The topological polar surface area (TPSA) is 80.6 Å². The van der Waals surface area contributed by atoms with Gasteiger partial charge in [0.15, 0.2) is 5.11 Å². The molecule has 0 fully saturated rings. The molecule has 3 rings (SSSR count). The predicted molar refractivity (Wildman–Crippen MR) is 119 cm³/mol. The van der Waals surface area contributed by atoms with Gasteiger partial charge in [-0.15, -0.1) is 0 Å². The van der Waals surface area contributed by atoms with E-state index in [-0.39, 0.29) is 11.6 Å². The van der Waals surface area contributed by atoms with Crippen molar-refractivity contribution >= 4 is 45.6 Å². The molecule has 1 aromatic heterocycles. The van der Waals surface area contributed by atoms with Crippen molar-refractivity contribution in [1.29, 1.82) is 0 Å². The fourth-order valence-corrected chi connectivity index (χ4v) is 3.01. The molecule has 7 heteroatoms. The van der Waals surface area contributed by atoms with Crippen LogP contribution in [0, 0.1) is 6.92 Å². The second-order valence-electron chi connectivity index (χ2n) is 6.61. The number of aryl methyl sites for hydroxylation is 1. The summed E-state index contributed by atoms with van der Waals surface area (Å²) in [6.07, 6.45) is 1.83. The lowest BCUT2D eigenvalue weighted by Gasteiger charge is -2.12. The Labute approximate surface area is 173 Å². The number of benzene rings is 2. The highest BCUT2D eigenvalue weighted by molar-refractivity contribution is 7.80. The second-order valence-corrected chi connectivity index (χ2v) is 7.01. The summed E-state index contributed by atoms with van der Waals surface area (Å²) >= 11 is 5.34. The first kappa shape index (κ1) is 20.5. The summed E-state index contributed by atoms with van der Waals surface area (Å²) in [5, 5.41) is 7.36. The van der Waals surface area contributed by atoms with Crippen LogP contribution in [0.4, 0.5) is 11.4 Å². The van der Waals surface area contributed by atoms with Gasteiger partial charge in [0.25, 0.3) is 0 Å². The molecule has 1 heterocycles. The van der Waals surface area contributed by atoms with Crippen molar-refractivity contribution in [2.75, 3.05) is 17.2 Å². The third kappa shape index (κ3) is 5.42. The molecule has 6 nitrogen and oxygen atoms in total. The Morgan fingerprint density at radius 1 is 1.07 bits per heavy atom. The number of hydrogen-bond donors (Lipinski definition) is 2. The van der Waals surface area contributed by atoms with Gasteiger partial charge in [0.1, 0.15) is 5.58 Å². The number of hydrogen-bond acceptors (Lipinski definition) is 5. The molecule has 0 aliphatic carbocycles. The summed E-state index contributed by atoms with van der Waals surface area (Å²) in [5.41, 5.74) is 2.88. The molecule has 0 saturated carbocycles. The zero-order valence-corrected chi connectivity index (χ0v) is 17.1. The highest BCUT2D eigenvalue weighted by Gasteiger charge is 2.08. The molecular weight excluding hydrogens is 388 g/mol. The van der Waals surface area contributed by atoms with Crippen LogP contribution in [0.25, 0.3) is 11.0 Å². The largest absolute Gasteiger partial charge is 0.462 e. The van der Waals surface area contributed by atoms with Gasteiger partial charge in [0.2, 0.25) is 0 Å². The fourth-order valence-electron chi connectivity index (χ4n) is 2.78. The number of fused-ring (bicyclic) bond motifs is 1. The first-order valence-corrected chi connectivity index (χ1v) is 9.77. The van der Waals surface area contributed by atoms with E-state index in [0.717, 1.165) is 29.5 Å². The van der Waals surface area contributed by atoms with Gasteiger partial charge in [0.05, 0.1) is 12.2 Å². The van der Waals surface area contributed by atoms with Crippen LogP contribution >= 0.6 is 12.2 Å². The zero-order chi connectivity index (χ0) is 20.8. The Bertz CT molecular complexity index is 1090. The molecule has 2 N–H and O–H groups in total. The summed E-state index contributed by atoms with van der Waals surface area (Å²) in [6, 6.07) is 13.8. The standard InChI is InChI=1S/C22H22N2O4S/c1-3-4-11-27-21(26)15-5-7-16(8-6-15)23-22(29)24-17-9-10-18-14(2)12-20(25)28-19(18)13-17/h5-10,12-13H,3-4,11H2,1-2H3,(H2,23,24,29). The molecule has 0 aliphatic heterocycles. The van der Waals surface area contributed by atoms with E-state index in [0.29, 0.717) is 28.6 Å². The lowest BCUT2D eigenvalue weighted by molar-refractivity contribution is 0.0500. The molecular formula is C22H22N2O4S. The summed E-state index contributed by atoms with van der Waals surface area (Å²) < 4.78 is 10.4. The van der Waals surface area contributed by atoms with Gasteiger partial charge < -0.3 is 19.8 Å². The molecule has 3 aromatic rings. The minimum atomic E-state index is -0.388. The van der Waals surface area contributed by atoms with Crippen LogP contribution in [0.15, 0.2) is 57.7 Å². The average Bonchev–Trinajstić information content (AvgIpc) is 2.68. The van der Waals surface area contributed by atoms with Crippen molar-refractivity contribution in [3.63, 3.8) is 0 Å². The maximum absolute atomic E-state index is 11.9. The molecule has 0 atom stereocenters. The van der Waals surface area contributed by atoms with Crippen molar-refractivity contribution in [2.24, 2.45) is 0 Å².